The molecule has 1 spiro atoms. The summed E-state index contributed by atoms with van der Waals surface area (Å²) in [5.74, 6) is -0.720. The van der Waals surface area contributed by atoms with Crippen LogP contribution in [0.5, 0.6) is 0 Å². The first-order valence-corrected chi connectivity index (χ1v) is 9.05. The van der Waals surface area contributed by atoms with Gasteiger partial charge < -0.3 is 5.32 Å². The Labute approximate surface area is 155 Å². The summed E-state index contributed by atoms with van der Waals surface area (Å²) >= 11 is 6.08. The zero-order chi connectivity index (χ0) is 18.3. The molecule has 2 aromatic rings. The van der Waals surface area contributed by atoms with Gasteiger partial charge in [-0.15, -0.1) is 0 Å². The number of urea groups is 1. The van der Waals surface area contributed by atoms with Gasteiger partial charge in [0.1, 0.15) is 11.4 Å². The number of nitrogens with one attached hydrogen (secondary N) is 1. The highest BCUT2D eigenvalue weighted by Crippen LogP contribution is 2.39. The molecule has 2 aromatic carbocycles. The largest absolute Gasteiger partial charge is 0.325 e. The average molecular weight is 373 g/mol. The topological polar surface area (TPSA) is 49.4 Å². The van der Waals surface area contributed by atoms with Crippen molar-refractivity contribution in [1.29, 1.82) is 0 Å². The monoisotopic (exact) mass is 372 g/mol. The van der Waals surface area contributed by atoms with E-state index in [1.165, 1.54) is 23.1 Å². The van der Waals surface area contributed by atoms with Crippen LogP contribution < -0.4 is 5.32 Å². The van der Waals surface area contributed by atoms with Crippen molar-refractivity contribution >= 4 is 23.5 Å². The summed E-state index contributed by atoms with van der Waals surface area (Å²) in [5.41, 5.74) is 1.50. The number of carbonyl (C=O) groups is 2. The normalized spacial score (nSPS) is 22.3. The van der Waals surface area contributed by atoms with Crippen molar-refractivity contribution in [2.45, 2.75) is 37.8 Å². The molecule has 2 aliphatic rings. The van der Waals surface area contributed by atoms with Gasteiger partial charge in [-0.2, -0.15) is 0 Å². The van der Waals surface area contributed by atoms with Crippen molar-refractivity contribution in [2.75, 3.05) is 0 Å². The lowest BCUT2D eigenvalue weighted by molar-refractivity contribution is -0.132. The molecule has 4 rings (SSSR count). The lowest BCUT2D eigenvalue weighted by Crippen LogP contribution is -2.44. The number of imide groups is 1. The van der Waals surface area contributed by atoms with Gasteiger partial charge in [-0.25, -0.2) is 9.18 Å². The summed E-state index contributed by atoms with van der Waals surface area (Å²) in [6, 6.07) is 11.3. The van der Waals surface area contributed by atoms with Crippen LogP contribution in [0.15, 0.2) is 42.5 Å². The molecule has 1 fully saturated rings. The predicted molar refractivity (Wildman–Crippen MR) is 96.2 cm³/mol. The van der Waals surface area contributed by atoms with Gasteiger partial charge in [0.05, 0.1) is 6.54 Å². The van der Waals surface area contributed by atoms with Gasteiger partial charge in [-0.05, 0) is 54.5 Å². The lowest BCUT2D eigenvalue weighted by atomic mass is 9.84. The first-order valence-electron chi connectivity index (χ1n) is 8.68. The molecule has 6 heteroatoms. The van der Waals surface area contributed by atoms with E-state index in [1.54, 1.807) is 0 Å². The summed E-state index contributed by atoms with van der Waals surface area (Å²) in [6.07, 6.45) is 3.30. The highest BCUT2D eigenvalue weighted by Gasteiger charge is 2.53. The molecule has 1 unspecified atom stereocenters. The van der Waals surface area contributed by atoms with E-state index in [0.29, 0.717) is 12.0 Å². The van der Waals surface area contributed by atoms with Gasteiger partial charge in [0.15, 0.2) is 0 Å². The third-order valence-electron chi connectivity index (χ3n) is 5.24. The van der Waals surface area contributed by atoms with E-state index in [4.69, 9.17) is 11.6 Å². The van der Waals surface area contributed by atoms with Crippen molar-refractivity contribution in [1.82, 2.24) is 10.2 Å². The molecule has 4 nitrogen and oxygen atoms in total. The maximum Gasteiger partial charge on any atom is 0.325 e. The summed E-state index contributed by atoms with van der Waals surface area (Å²) in [4.78, 5) is 27.1. The number of halogens is 2. The average Bonchev–Trinajstić information content (AvgIpc) is 2.76. The number of benzene rings is 2. The Morgan fingerprint density at radius 1 is 1.15 bits per heavy atom. The smallest absolute Gasteiger partial charge is 0.319 e. The zero-order valence-corrected chi connectivity index (χ0v) is 14.9. The number of amides is 3. The molecular formula is C20H18ClFN2O2. The molecule has 0 saturated carbocycles. The molecule has 1 heterocycles. The second-order valence-electron chi connectivity index (χ2n) is 6.83. The summed E-state index contributed by atoms with van der Waals surface area (Å²) in [7, 11) is 0. The minimum Gasteiger partial charge on any atom is -0.319 e. The van der Waals surface area contributed by atoms with Crippen LogP contribution in [0, 0.1) is 5.82 Å². The van der Waals surface area contributed by atoms with Crippen molar-refractivity contribution in [3.8, 4) is 0 Å². The van der Waals surface area contributed by atoms with Crippen LogP contribution in [0.2, 0.25) is 5.02 Å². The molecule has 1 atom stereocenters. The summed E-state index contributed by atoms with van der Waals surface area (Å²) in [6.45, 7) is 0.0215. The van der Waals surface area contributed by atoms with Gasteiger partial charge >= 0.3 is 6.03 Å². The number of nitrogens with zero attached hydrogens (tertiary/aromatic N) is 1. The second kappa shape index (κ2) is 6.40. The predicted octanol–water partition coefficient (Wildman–Crippen LogP) is 4.15. The van der Waals surface area contributed by atoms with Crippen molar-refractivity contribution in [3.63, 3.8) is 0 Å². The molecule has 1 saturated heterocycles. The van der Waals surface area contributed by atoms with Gasteiger partial charge in [0.2, 0.25) is 0 Å². The Bertz CT molecular complexity index is 901. The first kappa shape index (κ1) is 17.0. The van der Waals surface area contributed by atoms with Crippen molar-refractivity contribution in [3.05, 3.63) is 70.0 Å². The fourth-order valence-corrected chi connectivity index (χ4v) is 4.16. The van der Waals surface area contributed by atoms with Crippen LogP contribution in [-0.2, 0) is 23.3 Å². The van der Waals surface area contributed by atoms with Crippen LogP contribution in [0.4, 0.5) is 9.18 Å². The third kappa shape index (κ3) is 2.67. The molecule has 1 N–H and O–H groups in total. The molecule has 0 bridgehead atoms. The Kier molecular flexibility index (Phi) is 4.19. The van der Waals surface area contributed by atoms with E-state index in [1.807, 2.05) is 24.3 Å². The minimum absolute atomic E-state index is 0.0215. The zero-order valence-electron chi connectivity index (χ0n) is 14.1. The SMILES string of the molecule is O=C1NC2(CCCCc3ccccc32)C(=O)N1Cc1ccc(F)cc1Cl. The summed E-state index contributed by atoms with van der Waals surface area (Å²) in [5, 5.41) is 3.14. The quantitative estimate of drug-likeness (QED) is 0.805. The van der Waals surface area contributed by atoms with Crippen molar-refractivity contribution < 1.29 is 14.0 Å². The Morgan fingerprint density at radius 3 is 2.77 bits per heavy atom. The highest BCUT2D eigenvalue weighted by atomic mass is 35.5. The van der Waals surface area contributed by atoms with Crippen LogP contribution >= 0.6 is 11.6 Å². The van der Waals surface area contributed by atoms with Crippen molar-refractivity contribution in [2.24, 2.45) is 0 Å². The fraction of sp³-hybridized carbons (Fsp3) is 0.300. The molecule has 3 amide bonds. The standard InChI is InChI=1S/C20H18ClFN2O2/c21-17-11-15(22)9-8-14(17)12-24-18(25)20(23-19(24)26)10-4-3-6-13-5-1-2-7-16(13)20/h1-2,5,7-9,11H,3-4,6,10,12H2,(H,23,26). The molecule has 134 valence electrons. The van der Waals surface area contributed by atoms with Crippen LogP contribution in [-0.4, -0.2) is 16.8 Å². The molecule has 0 radical (unpaired) electrons. The van der Waals surface area contributed by atoms with E-state index in [2.05, 4.69) is 5.32 Å². The van der Waals surface area contributed by atoms with Crippen LogP contribution in [0.25, 0.3) is 0 Å². The Balaban J connectivity index is 1.71. The minimum atomic E-state index is -1.02. The third-order valence-corrected chi connectivity index (χ3v) is 5.60. The number of hydrogen-bond donors (Lipinski definition) is 1. The second-order valence-corrected chi connectivity index (χ2v) is 7.23. The van der Waals surface area contributed by atoms with E-state index < -0.39 is 17.4 Å². The fourth-order valence-electron chi connectivity index (χ4n) is 3.94. The number of hydrogen-bond acceptors (Lipinski definition) is 2. The maximum atomic E-state index is 13.3. The van der Waals surface area contributed by atoms with Crippen LogP contribution in [0.1, 0.15) is 36.0 Å². The van der Waals surface area contributed by atoms with E-state index in [-0.39, 0.29) is 17.5 Å². The Morgan fingerprint density at radius 2 is 1.96 bits per heavy atom. The summed E-state index contributed by atoms with van der Waals surface area (Å²) < 4.78 is 13.3. The molecular weight excluding hydrogens is 355 g/mol. The number of aryl methyl sites for hydroxylation is 1. The lowest BCUT2D eigenvalue weighted by Gasteiger charge is -2.27. The van der Waals surface area contributed by atoms with Crippen LogP contribution in [0.3, 0.4) is 0 Å². The van der Waals surface area contributed by atoms with Gasteiger partial charge in [-0.3, -0.25) is 9.69 Å². The Hall–Kier alpha value is -2.40. The number of rotatable bonds is 2. The van der Waals surface area contributed by atoms with Gasteiger partial charge in [0.25, 0.3) is 5.91 Å². The molecule has 0 aromatic heterocycles. The maximum absolute atomic E-state index is 13.3. The number of fused-ring (bicyclic) bond motifs is 2. The molecule has 1 aliphatic carbocycles. The molecule has 26 heavy (non-hydrogen) atoms. The molecule has 1 aliphatic heterocycles. The van der Waals surface area contributed by atoms with Gasteiger partial charge in [0, 0.05) is 5.02 Å². The first-order chi connectivity index (χ1) is 12.5. The van der Waals surface area contributed by atoms with E-state index in [9.17, 15) is 14.0 Å². The van der Waals surface area contributed by atoms with E-state index in [0.717, 1.165) is 30.4 Å². The van der Waals surface area contributed by atoms with Gasteiger partial charge in [-0.1, -0.05) is 41.9 Å². The number of carbonyl (C=O) groups excluding carboxylic acids is 2. The van der Waals surface area contributed by atoms with E-state index >= 15 is 0 Å². The highest BCUT2D eigenvalue weighted by molar-refractivity contribution is 6.31.